The number of urea groups is 1. The average Bonchev–Trinajstić information content (AvgIpc) is 2.96. The minimum absolute atomic E-state index is 0.0202. The van der Waals surface area contributed by atoms with Gasteiger partial charge in [0.2, 0.25) is 5.91 Å². The molecule has 0 unspecified atom stereocenters. The van der Waals surface area contributed by atoms with Crippen molar-refractivity contribution in [3.63, 3.8) is 0 Å². The molecule has 1 aliphatic carbocycles. The predicted octanol–water partition coefficient (Wildman–Crippen LogP) is 1.38. The minimum atomic E-state index is -0.670. The smallest absolute Gasteiger partial charge is 0.326 e. The number of carbonyl (C=O) groups excluding carboxylic acids is 3. The predicted molar refractivity (Wildman–Crippen MR) is 109 cm³/mol. The number of carbonyl (C=O) groups is 3. The number of quaternary nitrogens is 1. The lowest BCUT2D eigenvalue weighted by atomic mass is 9.77. The Hall–Kier alpha value is -2.41. The molecule has 3 fully saturated rings. The van der Waals surface area contributed by atoms with E-state index < -0.39 is 5.54 Å². The summed E-state index contributed by atoms with van der Waals surface area (Å²) in [6, 6.07) is 9.25. The number of amides is 4. The molecule has 0 aromatic heterocycles. The Bertz CT molecular complexity index is 766. The van der Waals surface area contributed by atoms with Crippen LogP contribution >= 0.6 is 0 Å². The van der Waals surface area contributed by atoms with E-state index in [-0.39, 0.29) is 23.8 Å². The molecule has 0 bridgehead atoms. The van der Waals surface area contributed by atoms with Gasteiger partial charge >= 0.3 is 6.03 Å². The summed E-state index contributed by atoms with van der Waals surface area (Å²) in [6.07, 6.45) is 4.97. The van der Waals surface area contributed by atoms with Gasteiger partial charge in [-0.2, -0.15) is 0 Å². The van der Waals surface area contributed by atoms with Crippen LogP contribution in [0.25, 0.3) is 0 Å². The number of benzene rings is 1. The zero-order valence-electron chi connectivity index (χ0n) is 17.1. The molecule has 2 saturated heterocycles. The third-order valence-corrected chi connectivity index (χ3v) is 6.86. The molecule has 7 nitrogen and oxygen atoms in total. The van der Waals surface area contributed by atoms with Crippen molar-refractivity contribution in [2.75, 3.05) is 25.1 Å². The normalized spacial score (nSPS) is 32.3. The molecule has 1 spiro atoms. The third kappa shape index (κ3) is 4.15. The van der Waals surface area contributed by atoms with Crippen molar-refractivity contribution in [2.45, 2.75) is 51.0 Å². The van der Waals surface area contributed by atoms with Gasteiger partial charge in [-0.1, -0.05) is 25.1 Å². The molecule has 7 heteroatoms. The maximum atomic E-state index is 13.0. The number of hydrogen-bond acceptors (Lipinski definition) is 3. The highest BCUT2D eigenvalue weighted by Crippen LogP contribution is 2.36. The van der Waals surface area contributed by atoms with Crippen molar-refractivity contribution in [3.8, 4) is 0 Å². The molecular formula is C22H31N4O3+. The molecule has 1 saturated carbocycles. The van der Waals surface area contributed by atoms with Crippen molar-refractivity contribution in [1.82, 2.24) is 10.2 Å². The highest BCUT2D eigenvalue weighted by Gasteiger charge is 2.53. The van der Waals surface area contributed by atoms with Crippen LogP contribution in [0.4, 0.5) is 10.5 Å². The van der Waals surface area contributed by atoms with E-state index in [2.05, 4.69) is 17.6 Å². The summed E-state index contributed by atoms with van der Waals surface area (Å²) in [6.45, 7) is 4.17. The lowest BCUT2D eigenvalue weighted by molar-refractivity contribution is -0.912. The Balaban J connectivity index is 1.29. The topological polar surface area (TPSA) is 82.9 Å². The quantitative estimate of drug-likeness (QED) is 0.669. The van der Waals surface area contributed by atoms with Crippen molar-refractivity contribution in [3.05, 3.63) is 30.3 Å². The SMILES string of the molecule is CC1CCC2(CC1)NC(=O)N(C[NH+]1CCC(C(=O)Nc3ccccc3)CC1)C2=O. The molecular weight excluding hydrogens is 368 g/mol. The summed E-state index contributed by atoms with van der Waals surface area (Å²) in [5.41, 5.74) is 0.149. The first kappa shape index (κ1) is 19.9. The Labute approximate surface area is 171 Å². The molecule has 3 aliphatic rings. The minimum Gasteiger partial charge on any atom is -0.326 e. The number of anilines is 1. The van der Waals surface area contributed by atoms with Crippen molar-refractivity contribution < 1.29 is 19.3 Å². The van der Waals surface area contributed by atoms with E-state index in [4.69, 9.17) is 0 Å². The van der Waals surface area contributed by atoms with Crippen LogP contribution in [0.2, 0.25) is 0 Å². The van der Waals surface area contributed by atoms with Gasteiger partial charge in [0.25, 0.3) is 5.91 Å². The van der Waals surface area contributed by atoms with Gasteiger partial charge in [0.1, 0.15) is 5.54 Å². The summed E-state index contributed by atoms with van der Waals surface area (Å²) in [7, 11) is 0. The number of nitrogens with zero attached hydrogens (tertiary/aromatic N) is 1. The number of nitrogens with one attached hydrogen (secondary N) is 3. The van der Waals surface area contributed by atoms with E-state index >= 15 is 0 Å². The monoisotopic (exact) mass is 399 g/mol. The van der Waals surface area contributed by atoms with Gasteiger partial charge in [0.05, 0.1) is 13.1 Å². The maximum Gasteiger partial charge on any atom is 0.329 e. The lowest BCUT2D eigenvalue weighted by Crippen LogP contribution is -3.14. The number of likely N-dealkylation sites (tertiary alicyclic amines) is 1. The average molecular weight is 400 g/mol. The molecule has 1 aromatic rings. The van der Waals surface area contributed by atoms with Crippen LogP contribution in [0.5, 0.6) is 0 Å². The van der Waals surface area contributed by atoms with Gasteiger partial charge in [0.15, 0.2) is 6.67 Å². The van der Waals surface area contributed by atoms with Crippen LogP contribution in [-0.2, 0) is 9.59 Å². The molecule has 4 amide bonds. The van der Waals surface area contributed by atoms with Crippen LogP contribution in [0.3, 0.4) is 0 Å². The molecule has 1 aromatic carbocycles. The highest BCUT2D eigenvalue weighted by atomic mass is 16.2. The molecule has 0 atom stereocenters. The second-order valence-electron chi connectivity index (χ2n) is 8.97. The lowest BCUT2D eigenvalue weighted by Gasteiger charge is -2.34. The Morgan fingerprint density at radius 2 is 1.79 bits per heavy atom. The van der Waals surface area contributed by atoms with Crippen molar-refractivity contribution in [2.24, 2.45) is 11.8 Å². The van der Waals surface area contributed by atoms with Crippen molar-refractivity contribution in [1.29, 1.82) is 0 Å². The van der Waals surface area contributed by atoms with Crippen LogP contribution in [-0.4, -0.2) is 48.0 Å². The Morgan fingerprint density at radius 1 is 1.14 bits per heavy atom. The van der Waals surface area contributed by atoms with E-state index in [0.29, 0.717) is 12.6 Å². The summed E-state index contributed by atoms with van der Waals surface area (Å²) in [4.78, 5) is 40.6. The molecule has 156 valence electrons. The van der Waals surface area contributed by atoms with Gasteiger partial charge in [-0.25, -0.2) is 9.69 Å². The van der Waals surface area contributed by atoms with Gasteiger partial charge in [-0.15, -0.1) is 0 Å². The largest absolute Gasteiger partial charge is 0.329 e. The molecule has 29 heavy (non-hydrogen) atoms. The number of rotatable bonds is 4. The standard InChI is InChI=1S/C22H30N4O3/c1-16-7-11-22(12-8-16)20(28)26(21(29)24-22)15-25-13-9-17(10-14-25)19(27)23-18-5-3-2-4-6-18/h2-6,16-17H,7-15H2,1H3,(H,23,27)(H,24,29)/p+1. The van der Waals surface area contributed by atoms with E-state index in [1.165, 1.54) is 9.80 Å². The summed E-state index contributed by atoms with van der Waals surface area (Å²) < 4.78 is 0. The number of para-hydroxylation sites is 1. The second kappa shape index (κ2) is 8.14. The van der Waals surface area contributed by atoms with Crippen LogP contribution in [0, 0.1) is 11.8 Å². The second-order valence-corrected chi connectivity index (χ2v) is 8.97. The number of piperidine rings is 1. The zero-order valence-corrected chi connectivity index (χ0v) is 17.1. The fourth-order valence-corrected chi connectivity index (χ4v) is 4.85. The van der Waals surface area contributed by atoms with Crippen LogP contribution in [0.1, 0.15) is 45.4 Å². The zero-order chi connectivity index (χ0) is 20.4. The number of hydrogen-bond donors (Lipinski definition) is 3. The summed E-state index contributed by atoms with van der Waals surface area (Å²) in [5.74, 6) is 0.602. The Morgan fingerprint density at radius 3 is 2.45 bits per heavy atom. The van der Waals surface area contributed by atoms with Gasteiger partial charge in [-0.05, 0) is 43.7 Å². The summed E-state index contributed by atoms with van der Waals surface area (Å²) in [5, 5.41) is 5.97. The molecule has 4 rings (SSSR count). The van der Waals surface area contributed by atoms with E-state index in [0.717, 1.165) is 57.3 Å². The third-order valence-electron chi connectivity index (χ3n) is 6.86. The van der Waals surface area contributed by atoms with E-state index in [1.54, 1.807) is 0 Å². The number of imide groups is 1. The van der Waals surface area contributed by atoms with E-state index in [1.807, 2.05) is 30.3 Å². The molecule has 2 heterocycles. The first-order chi connectivity index (χ1) is 14.0. The fourth-order valence-electron chi connectivity index (χ4n) is 4.85. The first-order valence-electron chi connectivity index (χ1n) is 10.8. The first-order valence-corrected chi connectivity index (χ1v) is 10.8. The van der Waals surface area contributed by atoms with Crippen molar-refractivity contribution >= 4 is 23.5 Å². The fraction of sp³-hybridized carbons (Fsp3) is 0.591. The molecule has 3 N–H and O–H groups in total. The van der Waals surface area contributed by atoms with Crippen LogP contribution < -0.4 is 15.5 Å². The van der Waals surface area contributed by atoms with Gasteiger partial charge in [-0.3, -0.25) is 9.59 Å². The Kier molecular flexibility index (Phi) is 5.58. The molecule has 0 radical (unpaired) electrons. The highest BCUT2D eigenvalue weighted by molar-refractivity contribution is 6.07. The van der Waals surface area contributed by atoms with Crippen LogP contribution in [0.15, 0.2) is 30.3 Å². The van der Waals surface area contributed by atoms with E-state index in [9.17, 15) is 14.4 Å². The summed E-state index contributed by atoms with van der Waals surface area (Å²) >= 11 is 0. The van der Waals surface area contributed by atoms with Gasteiger partial charge < -0.3 is 15.5 Å². The van der Waals surface area contributed by atoms with Gasteiger partial charge in [0, 0.05) is 24.4 Å². The maximum absolute atomic E-state index is 13.0. The molecule has 2 aliphatic heterocycles.